The van der Waals surface area contributed by atoms with Crippen LogP contribution in [-0.2, 0) is 16.9 Å². The SMILES string of the molecule is C[C@@H](N1CCN(C=O)CC1)[C@](O)(Cn1cncn1)c1ccc(F)cc1F. The van der Waals surface area contributed by atoms with Crippen molar-refractivity contribution < 1.29 is 18.7 Å². The van der Waals surface area contributed by atoms with Gasteiger partial charge in [-0.3, -0.25) is 9.69 Å². The van der Waals surface area contributed by atoms with E-state index in [0.717, 1.165) is 18.5 Å². The monoisotopic (exact) mass is 365 g/mol. The zero-order chi connectivity index (χ0) is 18.7. The van der Waals surface area contributed by atoms with Crippen molar-refractivity contribution in [1.29, 1.82) is 0 Å². The highest BCUT2D eigenvalue weighted by Crippen LogP contribution is 2.33. The number of amides is 1. The molecule has 2 atom stereocenters. The molecule has 0 unspecified atom stereocenters. The summed E-state index contributed by atoms with van der Waals surface area (Å²) in [5.74, 6) is -1.52. The van der Waals surface area contributed by atoms with Gasteiger partial charge in [-0.25, -0.2) is 18.4 Å². The molecule has 1 N–H and O–H groups in total. The van der Waals surface area contributed by atoms with Crippen molar-refractivity contribution >= 4 is 6.41 Å². The number of hydrogen-bond acceptors (Lipinski definition) is 5. The molecule has 7 nitrogen and oxygen atoms in total. The van der Waals surface area contributed by atoms with Crippen LogP contribution in [0.4, 0.5) is 8.78 Å². The Morgan fingerprint density at radius 3 is 2.62 bits per heavy atom. The van der Waals surface area contributed by atoms with Gasteiger partial charge >= 0.3 is 0 Å². The molecule has 9 heteroatoms. The molecule has 1 aromatic carbocycles. The molecule has 0 aliphatic carbocycles. The summed E-state index contributed by atoms with van der Waals surface area (Å²) in [6.45, 7) is 3.89. The molecular formula is C17H21F2N5O2. The number of nitrogens with zero attached hydrogens (tertiary/aromatic N) is 5. The number of carbonyl (C=O) groups is 1. The Bertz CT molecular complexity index is 750. The largest absolute Gasteiger partial charge is 0.381 e. The summed E-state index contributed by atoms with van der Waals surface area (Å²) in [6, 6.07) is 2.65. The molecule has 1 aliphatic rings. The lowest BCUT2D eigenvalue weighted by atomic mass is 9.85. The molecule has 2 aromatic rings. The Hall–Kier alpha value is -2.39. The van der Waals surface area contributed by atoms with Crippen molar-refractivity contribution in [2.24, 2.45) is 0 Å². The van der Waals surface area contributed by atoms with Gasteiger partial charge in [-0.05, 0) is 13.0 Å². The van der Waals surface area contributed by atoms with Crippen molar-refractivity contribution in [2.75, 3.05) is 26.2 Å². The molecule has 140 valence electrons. The smallest absolute Gasteiger partial charge is 0.209 e. The number of hydrogen-bond donors (Lipinski definition) is 1. The average molecular weight is 365 g/mol. The Labute approximate surface area is 149 Å². The van der Waals surface area contributed by atoms with Crippen LogP contribution in [0.2, 0.25) is 0 Å². The first-order valence-electron chi connectivity index (χ1n) is 8.38. The molecule has 1 fully saturated rings. The predicted molar refractivity (Wildman–Crippen MR) is 88.9 cm³/mol. The van der Waals surface area contributed by atoms with Gasteiger partial charge in [-0.1, -0.05) is 6.07 Å². The lowest BCUT2D eigenvalue weighted by Gasteiger charge is -2.44. The fourth-order valence-electron chi connectivity index (χ4n) is 3.38. The van der Waals surface area contributed by atoms with Gasteiger partial charge in [0.15, 0.2) is 0 Å². The van der Waals surface area contributed by atoms with Crippen molar-refractivity contribution in [2.45, 2.75) is 25.1 Å². The Balaban J connectivity index is 1.93. The third kappa shape index (κ3) is 3.58. The summed E-state index contributed by atoms with van der Waals surface area (Å²) in [6.07, 6.45) is 3.56. The first kappa shape index (κ1) is 18.4. The summed E-state index contributed by atoms with van der Waals surface area (Å²) < 4.78 is 29.3. The average Bonchev–Trinajstić information content (AvgIpc) is 3.13. The number of aliphatic hydroxyl groups is 1. The van der Waals surface area contributed by atoms with Gasteiger partial charge in [0, 0.05) is 43.9 Å². The van der Waals surface area contributed by atoms with Crippen LogP contribution in [0.15, 0.2) is 30.9 Å². The Morgan fingerprint density at radius 1 is 1.31 bits per heavy atom. The van der Waals surface area contributed by atoms with E-state index in [-0.39, 0.29) is 12.1 Å². The summed E-state index contributed by atoms with van der Waals surface area (Å²) in [4.78, 5) is 18.4. The molecule has 1 aliphatic heterocycles. The molecular weight excluding hydrogens is 344 g/mol. The van der Waals surface area contributed by atoms with Gasteiger partial charge in [0.05, 0.1) is 6.54 Å². The maximum absolute atomic E-state index is 14.5. The minimum absolute atomic E-state index is 0.000262. The van der Waals surface area contributed by atoms with Crippen LogP contribution in [-0.4, -0.2) is 68.3 Å². The molecule has 1 aromatic heterocycles. The first-order chi connectivity index (χ1) is 12.4. The van der Waals surface area contributed by atoms with Crippen LogP contribution in [0.1, 0.15) is 12.5 Å². The zero-order valence-electron chi connectivity index (χ0n) is 14.4. The highest BCUT2D eigenvalue weighted by molar-refractivity contribution is 5.47. The molecule has 0 radical (unpaired) electrons. The summed E-state index contributed by atoms with van der Waals surface area (Å²) in [5.41, 5.74) is -1.66. The number of benzene rings is 1. The fourth-order valence-corrected chi connectivity index (χ4v) is 3.38. The lowest BCUT2D eigenvalue weighted by molar-refractivity contribution is -0.122. The molecule has 0 spiro atoms. The van der Waals surface area contributed by atoms with Crippen LogP contribution in [0, 0.1) is 11.6 Å². The van der Waals surface area contributed by atoms with E-state index in [1.807, 2.05) is 4.90 Å². The minimum Gasteiger partial charge on any atom is -0.381 e. The fraction of sp³-hybridized carbons (Fsp3) is 0.471. The second kappa shape index (κ2) is 7.46. The highest BCUT2D eigenvalue weighted by Gasteiger charge is 2.42. The number of halogens is 2. The molecule has 2 heterocycles. The van der Waals surface area contributed by atoms with E-state index >= 15 is 0 Å². The van der Waals surface area contributed by atoms with Crippen molar-refractivity contribution in [3.63, 3.8) is 0 Å². The van der Waals surface area contributed by atoms with Crippen molar-refractivity contribution in [3.05, 3.63) is 48.1 Å². The van der Waals surface area contributed by atoms with Crippen LogP contribution < -0.4 is 0 Å². The van der Waals surface area contributed by atoms with E-state index in [2.05, 4.69) is 10.1 Å². The summed E-state index contributed by atoms with van der Waals surface area (Å²) >= 11 is 0. The third-order valence-corrected chi connectivity index (χ3v) is 5.00. The second-order valence-corrected chi connectivity index (χ2v) is 6.49. The zero-order valence-corrected chi connectivity index (χ0v) is 14.4. The Kier molecular flexibility index (Phi) is 5.28. The Morgan fingerprint density at radius 2 is 2.04 bits per heavy atom. The van der Waals surface area contributed by atoms with Crippen LogP contribution in [0.3, 0.4) is 0 Å². The van der Waals surface area contributed by atoms with Gasteiger partial charge in [0.2, 0.25) is 6.41 Å². The van der Waals surface area contributed by atoms with E-state index in [9.17, 15) is 18.7 Å². The van der Waals surface area contributed by atoms with Gasteiger partial charge in [0.25, 0.3) is 0 Å². The molecule has 0 saturated carbocycles. The molecule has 1 amide bonds. The molecule has 0 bridgehead atoms. The topological polar surface area (TPSA) is 74.5 Å². The number of aromatic nitrogens is 3. The van der Waals surface area contributed by atoms with E-state index in [1.54, 1.807) is 11.8 Å². The van der Waals surface area contributed by atoms with Gasteiger partial charge in [-0.15, -0.1) is 0 Å². The van der Waals surface area contributed by atoms with Crippen LogP contribution in [0.25, 0.3) is 0 Å². The second-order valence-electron chi connectivity index (χ2n) is 6.49. The van der Waals surface area contributed by atoms with Crippen LogP contribution >= 0.6 is 0 Å². The maximum Gasteiger partial charge on any atom is 0.209 e. The highest BCUT2D eigenvalue weighted by atomic mass is 19.1. The lowest BCUT2D eigenvalue weighted by Crippen LogP contribution is -2.57. The summed E-state index contributed by atoms with van der Waals surface area (Å²) in [7, 11) is 0. The predicted octanol–water partition coefficient (Wildman–Crippen LogP) is 0.607. The third-order valence-electron chi connectivity index (χ3n) is 5.00. The molecule has 1 saturated heterocycles. The number of rotatable bonds is 6. The van der Waals surface area contributed by atoms with E-state index in [0.29, 0.717) is 26.2 Å². The van der Waals surface area contributed by atoms with Crippen molar-refractivity contribution in [1.82, 2.24) is 24.6 Å². The molecule has 3 rings (SSSR count). The van der Waals surface area contributed by atoms with Crippen molar-refractivity contribution in [3.8, 4) is 0 Å². The number of carbonyl (C=O) groups excluding carboxylic acids is 1. The normalized spacial score (nSPS) is 19.2. The summed E-state index contributed by atoms with van der Waals surface area (Å²) in [5, 5.41) is 15.5. The standard InChI is InChI=1S/C17H21F2N5O2/c1-13(23-6-4-22(12-25)5-7-23)17(26,9-24-11-20-10-21-24)15-3-2-14(18)8-16(15)19/h2-3,8,10-13,26H,4-7,9H2,1H3/t13-,17-/m1/s1. The van der Waals surface area contributed by atoms with Gasteiger partial charge in [0.1, 0.15) is 29.9 Å². The van der Waals surface area contributed by atoms with Gasteiger partial charge < -0.3 is 10.0 Å². The van der Waals surface area contributed by atoms with E-state index < -0.39 is 23.3 Å². The maximum atomic E-state index is 14.5. The van der Waals surface area contributed by atoms with Gasteiger partial charge in [-0.2, -0.15) is 5.10 Å². The van der Waals surface area contributed by atoms with E-state index in [4.69, 9.17) is 0 Å². The number of piperazine rings is 1. The van der Waals surface area contributed by atoms with Crippen LogP contribution in [0.5, 0.6) is 0 Å². The molecule has 26 heavy (non-hydrogen) atoms. The quantitative estimate of drug-likeness (QED) is 0.759. The first-order valence-corrected chi connectivity index (χ1v) is 8.38. The van der Waals surface area contributed by atoms with E-state index in [1.165, 1.54) is 23.4 Å². The minimum atomic E-state index is -1.66.